The number of aryl methyl sites for hydroxylation is 1. The van der Waals surface area contributed by atoms with Crippen LogP contribution in [0.1, 0.15) is 15.9 Å². The quantitative estimate of drug-likeness (QED) is 0.545. The molecule has 68 valence electrons. The van der Waals surface area contributed by atoms with Crippen molar-refractivity contribution in [2.75, 3.05) is 0 Å². The van der Waals surface area contributed by atoms with E-state index in [2.05, 4.69) is 4.98 Å². The number of aromatic amines is 1. The summed E-state index contributed by atoms with van der Waals surface area (Å²) in [6.07, 6.45) is 1.58. The molecule has 14 heavy (non-hydrogen) atoms. The monoisotopic (exact) mass is 184 g/mol. The summed E-state index contributed by atoms with van der Waals surface area (Å²) in [5.41, 5.74) is 2.41. The van der Waals surface area contributed by atoms with Gasteiger partial charge in [-0.3, -0.25) is 4.79 Å². The molecule has 1 heterocycles. The van der Waals surface area contributed by atoms with E-state index < -0.39 is 5.78 Å². The lowest BCUT2D eigenvalue weighted by atomic mass is 10.1. The van der Waals surface area contributed by atoms with Gasteiger partial charge in [-0.15, -0.1) is 0 Å². The van der Waals surface area contributed by atoms with Crippen molar-refractivity contribution >= 4 is 16.7 Å². The third-order valence-corrected chi connectivity index (χ3v) is 2.18. The summed E-state index contributed by atoms with van der Waals surface area (Å²) in [4.78, 5) is 14.2. The minimum Gasteiger partial charge on any atom is -0.360 e. The molecule has 3 nitrogen and oxygen atoms in total. The Hall–Kier alpha value is -2.08. The molecule has 0 saturated heterocycles. The van der Waals surface area contributed by atoms with Crippen LogP contribution in [0.15, 0.2) is 24.4 Å². The first-order valence-electron chi connectivity index (χ1n) is 4.24. The lowest BCUT2D eigenvalue weighted by Gasteiger charge is -1.93. The fourth-order valence-corrected chi connectivity index (χ4v) is 1.48. The second kappa shape index (κ2) is 3.00. The van der Waals surface area contributed by atoms with Crippen molar-refractivity contribution in [2.24, 2.45) is 0 Å². The van der Waals surface area contributed by atoms with E-state index in [0.717, 1.165) is 16.5 Å². The number of hydrogen-bond acceptors (Lipinski definition) is 2. The number of hydrogen-bond donors (Lipinski definition) is 1. The van der Waals surface area contributed by atoms with Crippen molar-refractivity contribution in [1.82, 2.24) is 4.98 Å². The molecule has 0 radical (unpaired) electrons. The summed E-state index contributed by atoms with van der Waals surface area (Å²) in [5.74, 6) is -0.498. The Morgan fingerprint density at radius 1 is 1.50 bits per heavy atom. The Labute approximate surface area is 81.0 Å². The van der Waals surface area contributed by atoms with Gasteiger partial charge in [0.2, 0.25) is 0 Å². The van der Waals surface area contributed by atoms with Crippen molar-refractivity contribution in [3.8, 4) is 6.07 Å². The van der Waals surface area contributed by atoms with E-state index in [1.54, 1.807) is 12.3 Å². The van der Waals surface area contributed by atoms with Crippen LogP contribution < -0.4 is 0 Å². The van der Waals surface area contributed by atoms with Gasteiger partial charge in [0.15, 0.2) is 0 Å². The molecule has 0 atom stereocenters. The van der Waals surface area contributed by atoms with Crippen LogP contribution in [-0.2, 0) is 0 Å². The fourth-order valence-electron chi connectivity index (χ4n) is 1.48. The van der Waals surface area contributed by atoms with Gasteiger partial charge in [-0.2, -0.15) is 5.26 Å². The second-order valence-electron chi connectivity index (χ2n) is 3.19. The van der Waals surface area contributed by atoms with Gasteiger partial charge in [-0.1, -0.05) is 11.6 Å². The maximum absolute atomic E-state index is 11.2. The van der Waals surface area contributed by atoms with Crippen LogP contribution in [0.4, 0.5) is 0 Å². The molecule has 2 rings (SSSR count). The van der Waals surface area contributed by atoms with Gasteiger partial charge in [-0.25, -0.2) is 0 Å². The van der Waals surface area contributed by atoms with Gasteiger partial charge in [0.1, 0.15) is 6.07 Å². The third kappa shape index (κ3) is 1.17. The number of nitrogens with zero attached hydrogens (tertiary/aromatic N) is 1. The lowest BCUT2D eigenvalue weighted by Crippen LogP contribution is -1.91. The number of Topliss-reactive ketones (excluding diaryl/α,β-unsaturated/α-hetero) is 1. The van der Waals surface area contributed by atoms with Gasteiger partial charge in [0.25, 0.3) is 5.78 Å². The SMILES string of the molecule is Cc1ccc2[nH]cc(C(=O)C#N)c2c1. The summed E-state index contributed by atoms with van der Waals surface area (Å²) in [6.45, 7) is 1.95. The first-order chi connectivity index (χ1) is 6.72. The van der Waals surface area contributed by atoms with Crippen LogP contribution in [0.25, 0.3) is 10.9 Å². The predicted octanol–water partition coefficient (Wildman–Crippen LogP) is 2.18. The zero-order valence-electron chi connectivity index (χ0n) is 7.66. The van der Waals surface area contributed by atoms with E-state index in [9.17, 15) is 4.79 Å². The minimum atomic E-state index is -0.498. The van der Waals surface area contributed by atoms with Crippen LogP contribution in [0.3, 0.4) is 0 Å². The maximum atomic E-state index is 11.2. The number of carbonyl (C=O) groups is 1. The number of ketones is 1. The van der Waals surface area contributed by atoms with Crippen molar-refractivity contribution in [3.63, 3.8) is 0 Å². The molecule has 0 amide bonds. The average Bonchev–Trinajstić information content (AvgIpc) is 2.59. The highest BCUT2D eigenvalue weighted by atomic mass is 16.1. The summed E-state index contributed by atoms with van der Waals surface area (Å²) in [5, 5.41) is 9.34. The summed E-state index contributed by atoms with van der Waals surface area (Å²) in [7, 11) is 0. The maximum Gasteiger partial charge on any atom is 0.264 e. The smallest absolute Gasteiger partial charge is 0.264 e. The van der Waals surface area contributed by atoms with E-state index in [0.29, 0.717) is 5.56 Å². The topological polar surface area (TPSA) is 56.6 Å². The van der Waals surface area contributed by atoms with Crippen molar-refractivity contribution < 1.29 is 4.79 Å². The highest BCUT2D eigenvalue weighted by Crippen LogP contribution is 2.19. The van der Waals surface area contributed by atoms with Crippen molar-refractivity contribution in [2.45, 2.75) is 6.92 Å². The number of nitriles is 1. The minimum absolute atomic E-state index is 0.450. The molecule has 2 aromatic rings. The Balaban J connectivity index is 2.74. The predicted molar refractivity (Wildman–Crippen MR) is 53.0 cm³/mol. The number of rotatable bonds is 1. The Bertz CT molecular complexity index is 546. The number of H-pyrrole nitrogens is 1. The van der Waals surface area contributed by atoms with E-state index in [1.807, 2.05) is 25.1 Å². The molecule has 0 bridgehead atoms. The molecule has 1 N–H and O–H groups in total. The van der Waals surface area contributed by atoms with Crippen LogP contribution in [0.2, 0.25) is 0 Å². The average molecular weight is 184 g/mol. The molecule has 0 aliphatic rings. The molecular formula is C11H8N2O. The van der Waals surface area contributed by atoms with Crippen LogP contribution in [0.5, 0.6) is 0 Å². The fraction of sp³-hybridized carbons (Fsp3) is 0.0909. The molecular weight excluding hydrogens is 176 g/mol. The Morgan fingerprint density at radius 3 is 3.00 bits per heavy atom. The zero-order chi connectivity index (χ0) is 10.1. The van der Waals surface area contributed by atoms with Crippen molar-refractivity contribution in [1.29, 1.82) is 5.26 Å². The zero-order valence-corrected chi connectivity index (χ0v) is 7.66. The molecule has 1 aromatic heterocycles. The van der Waals surface area contributed by atoms with E-state index in [-0.39, 0.29) is 0 Å². The molecule has 1 aromatic carbocycles. The summed E-state index contributed by atoms with van der Waals surface area (Å²) >= 11 is 0. The summed E-state index contributed by atoms with van der Waals surface area (Å²) < 4.78 is 0. The standard InChI is InChI=1S/C11H8N2O/c1-7-2-3-10-8(4-7)9(6-13-10)11(14)5-12/h2-4,6,13H,1H3. The Morgan fingerprint density at radius 2 is 2.29 bits per heavy atom. The summed E-state index contributed by atoms with van der Waals surface area (Å²) in [6, 6.07) is 7.38. The normalized spacial score (nSPS) is 10.0. The van der Waals surface area contributed by atoms with E-state index >= 15 is 0 Å². The number of carbonyl (C=O) groups excluding carboxylic acids is 1. The van der Waals surface area contributed by atoms with Crippen LogP contribution in [0, 0.1) is 18.3 Å². The first-order valence-corrected chi connectivity index (χ1v) is 4.24. The van der Waals surface area contributed by atoms with Gasteiger partial charge in [0.05, 0.1) is 5.56 Å². The molecule has 0 saturated carbocycles. The third-order valence-electron chi connectivity index (χ3n) is 2.18. The van der Waals surface area contributed by atoms with E-state index in [4.69, 9.17) is 5.26 Å². The number of benzene rings is 1. The molecule has 0 spiro atoms. The van der Waals surface area contributed by atoms with Gasteiger partial charge in [-0.05, 0) is 19.1 Å². The first kappa shape index (κ1) is 8.52. The van der Waals surface area contributed by atoms with Crippen LogP contribution >= 0.6 is 0 Å². The molecule has 0 fully saturated rings. The Kier molecular flexibility index (Phi) is 1.83. The highest BCUT2D eigenvalue weighted by molar-refractivity contribution is 6.15. The molecule has 0 unspecified atom stereocenters. The van der Waals surface area contributed by atoms with Crippen LogP contribution in [-0.4, -0.2) is 10.8 Å². The molecule has 0 aliphatic heterocycles. The number of nitrogens with one attached hydrogen (secondary N) is 1. The lowest BCUT2D eigenvalue weighted by molar-refractivity contribution is 0.105. The molecule has 0 aliphatic carbocycles. The highest BCUT2D eigenvalue weighted by Gasteiger charge is 2.10. The van der Waals surface area contributed by atoms with E-state index in [1.165, 1.54) is 0 Å². The molecule has 3 heteroatoms. The van der Waals surface area contributed by atoms with Gasteiger partial charge >= 0.3 is 0 Å². The van der Waals surface area contributed by atoms with Gasteiger partial charge in [0, 0.05) is 17.1 Å². The number of fused-ring (bicyclic) bond motifs is 1. The second-order valence-corrected chi connectivity index (χ2v) is 3.19. The largest absolute Gasteiger partial charge is 0.360 e. The number of aromatic nitrogens is 1. The van der Waals surface area contributed by atoms with Crippen molar-refractivity contribution in [3.05, 3.63) is 35.5 Å². The van der Waals surface area contributed by atoms with Gasteiger partial charge < -0.3 is 4.98 Å².